The number of halogens is 2. The number of methoxy groups -OCH3 is 1. The second-order valence-electron chi connectivity index (χ2n) is 8.61. The van der Waals surface area contributed by atoms with E-state index >= 15 is 0 Å². The van der Waals surface area contributed by atoms with Gasteiger partial charge in [0.25, 0.3) is 20.2 Å². The summed E-state index contributed by atoms with van der Waals surface area (Å²) in [6.45, 7) is 0.403. The zero-order valence-corrected chi connectivity index (χ0v) is 25.5. The van der Waals surface area contributed by atoms with Crippen LogP contribution in [0.3, 0.4) is 0 Å². The third-order valence-corrected chi connectivity index (χ3v) is 7.40. The molecule has 0 unspecified atom stereocenters. The number of nitrogens with zero attached hydrogens (tertiary/aromatic N) is 2. The molecule has 0 aliphatic rings. The largest absolute Gasteiger partial charge is 0.507 e. The molecule has 0 saturated carbocycles. The van der Waals surface area contributed by atoms with Gasteiger partial charge >= 0.3 is 0 Å². The van der Waals surface area contributed by atoms with Gasteiger partial charge in [-0.3, -0.25) is 19.1 Å². The van der Waals surface area contributed by atoms with Gasteiger partial charge in [0, 0.05) is 52.1 Å². The van der Waals surface area contributed by atoms with Crippen LogP contribution in [-0.4, -0.2) is 79.8 Å². The molecule has 0 aromatic heterocycles. The third kappa shape index (κ3) is 12.8. The van der Waals surface area contributed by atoms with Gasteiger partial charge in [-0.05, 0) is 43.2 Å². The van der Waals surface area contributed by atoms with Gasteiger partial charge in [0.1, 0.15) is 5.75 Å². The van der Waals surface area contributed by atoms with E-state index in [0.29, 0.717) is 26.9 Å². The molecular weight excluding hydrogens is 631 g/mol. The number of benzene rings is 3. The van der Waals surface area contributed by atoms with Crippen molar-refractivity contribution in [3.05, 3.63) is 87.4 Å². The van der Waals surface area contributed by atoms with Crippen LogP contribution in [0, 0.1) is 0 Å². The number of para-hydroxylation sites is 1. The summed E-state index contributed by atoms with van der Waals surface area (Å²) in [7, 11) is -6.56. The molecule has 11 nitrogen and oxygen atoms in total. The topological polar surface area (TPSA) is 183 Å². The second kappa shape index (κ2) is 16.4. The first-order chi connectivity index (χ1) is 19.7. The van der Waals surface area contributed by atoms with Crippen LogP contribution in [0.15, 0.2) is 70.6 Å². The van der Waals surface area contributed by atoms with Crippen LogP contribution in [-0.2, 0) is 20.2 Å². The van der Waals surface area contributed by atoms with E-state index in [1.165, 1.54) is 25.5 Å². The lowest BCUT2D eigenvalue weighted by Crippen LogP contribution is -2.08. The normalized spacial score (nSPS) is 12.2. The highest BCUT2D eigenvalue weighted by atomic mass is 35.5. The van der Waals surface area contributed by atoms with Crippen molar-refractivity contribution < 1.29 is 40.9 Å². The molecule has 0 aliphatic heterocycles. The summed E-state index contributed by atoms with van der Waals surface area (Å²) in [6.07, 6.45) is 1.74. The first kappa shape index (κ1) is 35.0. The third-order valence-electron chi connectivity index (χ3n) is 5.32. The summed E-state index contributed by atoms with van der Waals surface area (Å²) < 4.78 is 64.7. The van der Waals surface area contributed by atoms with E-state index in [4.69, 9.17) is 37.0 Å². The molecule has 4 N–H and O–H groups in total. The number of hydrogen-bond acceptors (Lipinski definition) is 9. The van der Waals surface area contributed by atoms with Crippen molar-refractivity contribution in [1.82, 2.24) is 0 Å². The molecule has 3 rings (SSSR count). The van der Waals surface area contributed by atoms with Gasteiger partial charge in [-0.25, -0.2) is 0 Å². The quantitative estimate of drug-likeness (QED) is 0.119. The maximum Gasteiger partial charge on any atom is 0.264 e. The summed E-state index contributed by atoms with van der Waals surface area (Å²) in [5.74, 6) is -0.492. The second-order valence-corrected chi connectivity index (χ2v) is 12.6. The summed E-state index contributed by atoms with van der Waals surface area (Å²) in [5.41, 5.74) is 2.20. The number of rotatable bonds is 12. The highest BCUT2D eigenvalue weighted by Gasteiger charge is 2.12. The van der Waals surface area contributed by atoms with E-state index in [-0.39, 0.29) is 54.7 Å². The molecule has 0 saturated heterocycles. The minimum atomic E-state index is -4.00. The maximum atomic E-state index is 10.8. The highest BCUT2D eigenvalue weighted by molar-refractivity contribution is 7.86. The number of phenolic OH excluding ortho intramolecular Hbond substituents is 2. The first-order valence-corrected chi connectivity index (χ1v) is 16.2. The highest BCUT2D eigenvalue weighted by Crippen LogP contribution is 2.32. The van der Waals surface area contributed by atoms with Crippen LogP contribution in [0.5, 0.6) is 17.2 Å². The van der Waals surface area contributed by atoms with Crippen molar-refractivity contribution in [2.45, 2.75) is 12.8 Å². The minimum Gasteiger partial charge on any atom is -0.507 e. The van der Waals surface area contributed by atoms with Crippen LogP contribution in [0.2, 0.25) is 10.0 Å². The van der Waals surface area contributed by atoms with Gasteiger partial charge < -0.3 is 14.9 Å². The van der Waals surface area contributed by atoms with E-state index < -0.39 is 20.2 Å². The monoisotopic (exact) mass is 660 g/mol. The molecule has 228 valence electrons. The van der Waals surface area contributed by atoms with Crippen molar-refractivity contribution >= 4 is 55.4 Å². The lowest BCUT2D eigenvalue weighted by Gasteiger charge is -2.09. The fraction of sp³-hybridized carbons (Fsp3) is 0.259. The van der Waals surface area contributed by atoms with Crippen molar-refractivity contribution in [2.75, 3.05) is 31.7 Å². The smallest absolute Gasteiger partial charge is 0.264 e. The van der Waals surface area contributed by atoms with Gasteiger partial charge in [-0.15, -0.1) is 0 Å². The Hall–Kier alpha value is -3.20. The lowest BCUT2D eigenvalue weighted by molar-refractivity contribution is 0.373. The Bertz CT molecular complexity index is 1610. The molecule has 3 aromatic carbocycles. The Labute approximate surface area is 254 Å². The van der Waals surface area contributed by atoms with E-state index in [2.05, 4.69) is 9.98 Å². The van der Waals surface area contributed by atoms with Crippen LogP contribution in [0.4, 0.5) is 0 Å². The average Bonchev–Trinajstić information content (AvgIpc) is 2.90. The lowest BCUT2D eigenvalue weighted by atomic mass is 10.0. The van der Waals surface area contributed by atoms with Crippen molar-refractivity contribution in [3.8, 4) is 17.2 Å². The molecule has 0 atom stereocenters. The summed E-state index contributed by atoms with van der Waals surface area (Å²) in [4.78, 5) is 8.34. The number of aromatic hydroxyl groups is 2. The average molecular weight is 662 g/mol. The molecule has 0 radical (unpaired) electrons. The Morgan fingerprint density at radius 1 is 0.857 bits per heavy atom. The van der Waals surface area contributed by atoms with E-state index in [1.54, 1.807) is 48.5 Å². The van der Waals surface area contributed by atoms with Crippen molar-refractivity contribution in [1.29, 1.82) is 0 Å². The van der Waals surface area contributed by atoms with Gasteiger partial charge in [-0.1, -0.05) is 47.5 Å². The SMILES string of the molecule is COc1cc(Cl)cc(C=NCCCS(=O)(=O)O)c1O.O=S(=O)(O)CCCN=C(c1ccc(Cl)cc1)c1ccccc1O. The van der Waals surface area contributed by atoms with Gasteiger partial charge in [0.2, 0.25) is 0 Å². The maximum absolute atomic E-state index is 10.8. The predicted octanol–water partition coefficient (Wildman–Crippen LogP) is 4.91. The van der Waals surface area contributed by atoms with Crippen molar-refractivity contribution in [2.24, 2.45) is 9.98 Å². The van der Waals surface area contributed by atoms with E-state index in [0.717, 1.165) is 5.56 Å². The molecule has 0 aliphatic carbocycles. The standard InChI is InChI=1S/C16H16ClNO4S.C11H14ClNO5S/c17-13-8-6-12(7-9-13)16(14-4-1-2-5-15(14)19)18-10-3-11-23(20,21)22;1-18-10-6-9(12)5-8(11(10)14)7-13-3-2-4-19(15,16)17/h1-2,4-9,19H,3,10-11H2,(H,20,21,22);5-7,14H,2-4H2,1H3,(H,15,16,17). The molecule has 0 spiro atoms. The number of ether oxygens (including phenoxy) is 1. The molecule has 0 fully saturated rings. The Morgan fingerprint density at radius 2 is 1.45 bits per heavy atom. The Balaban J connectivity index is 0.000000299. The predicted molar refractivity (Wildman–Crippen MR) is 164 cm³/mol. The van der Waals surface area contributed by atoms with Crippen molar-refractivity contribution in [3.63, 3.8) is 0 Å². The zero-order chi connectivity index (χ0) is 31.3. The fourth-order valence-electron chi connectivity index (χ4n) is 3.40. The van der Waals surface area contributed by atoms with Crippen LogP contribution in [0.1, 0.15) is 29.5 Å². The van der Waals surface area contributed by atoms with E-state index in [1.807, 2.05) is 0 Å². The summed E-state index contributed by atoms with van der Waals surface area (Å²) >= 11 is 11.7. The van der Waals surface area contributed by atoms with Gasteiger partial charge in [-0.2, -0.15) is 16.8 Å². The van der Waals surface area contributed by atoms with Crippen LogP contribution in [0.25, 0.3) is 0 Å². The fourth-order valence-corrected chi connectivity index (χ4v) is 4.73. The number of hydrogen-bond donors (Lipinski definition) is 4. The first-order valence-electron chi connectivity index (χ1n) is 12.3. The van der Waals surface area contributed by atoms with Gasteiger partial charge in [0.15, 0.2) is 11.5 Å². The minimum absolute atomic E-state index is 0.0796. The molecule has 0 heterocycles. The van der Waals surface area contributed by atoms with E-state index in [9.17, 15) is 27.0 Å². The number of aliphatic imine (C=N–C) groups is 2. The Morgan fingerprint density at radius 3 is 2.02 bits per heavy atom. The van der Waals surface area contributed by atoms with Crippen LogP contribution < -0.4 is 4.74 Å². The van der Waals surface area contributed by atoms with Crippen LogP contribution >= 0.6 is 23.2 Å². The molecule has 0 bridgehead atoms. The molecule has 15 heteroatoms. The molecule has 42 heavy (non-hydrogen) atoms. The zero-order valence-electron chi connectivity index (χ0n) is 22.4. The number of phenols is 2. The molecular formula is C27H30Cl2N2O9S2. The molecule has 3 aromatic rings. The molecule has 0 amide bonds. The summed E-state index contributed by atoms with van der Waals surface area (Å²) in [5, 5.41) is 20.8. The Kier molecular flexibility index (Phi) is 13.7. The van der Waals surface area contributed by atoms with Gasteiger partial charge in [0.05, 0.1) is 24.3 Å². The summed E-state index contributed by atoms with van der Waals surface area (Å²) in [6, 6.07) is 16.7.